The average Bonchev–Trinajstić information content (AvgIpc) is 2.72. The maximum absolute atomic E-state index is 4.83. The van der Waals surface area contributed by atoms with Gasteiger partial charge in [-0.05, 0) is 19.9 Å². The molecule has 0 atom stereocenters. The maximum atomic E-state index is 4.83. The van der Waals surface area contributed by atoms with Gasteiger partial charge in [0.15, 0.2) is 0 Å². The van der Waals surface area contributed by atoms with Crippen LogP contribution in [0.2, 0.25) is 0 Å². The van der Waals surface area contributed by atoms with Crippen LogP contribution in [0.25, 0.3) is 0 Å². The van der Waals surface area contributed by atoms with Crippen LogP contribution in [0.3, 0.4) is 0 Å². The third-order valence-corrected chi connectivity index (χ3v) is 1.86. The van der Waals surface area contributed by atoms with E-state index in [2.05, 4.69) is 25.9 Å². The van der Waals surface area contributed by atoms with E-state index < -0.39 is 0 Å². The van der Waals surface area contributed by atoms with Crippen molar-refractivity contribution in [2.24, 2.45) is 5.92 Å². The predicted molar refractivity (Wildman–Crippen MR) is 63.9 cm³/mol. The molecule has 1 fully saturated rings. The molecule has 1 aliphatic heterocycles. The molecule has 0 aromatic carbocycles. The molecule has 0 saturated carbocycles. The molecule has 1 aliphatic rings. The Hall–Kier alpha value is -0.830. The van der Waals surface area contributed by atoms with Crippen LogP contribution in [0, 0.1) is 5.92 Å². The number of hydrogen-bond acceptors (Lipinski definition) is 2. The molecule has 3 heteroatoms. The van der Waals surface area contributed by atoms with Crippen molar-refractivity contribution in [3.63, 3.8) is 0 Å². The van der Waals surface area contributed by atoms with Crippen LogP contribution in [0.15, 0.2) is 18.5 Å². The molecule has 88 valence electrons. The number of aromatic nitrogens is 2. The zero-order valence-electron chi connectivity index (χ0n) is 10.6. The van der Waals surface area contributed by atoms with E-state index in [1.165, 1.54) is 0 Å². The monoisotopic (exact) mass is 212 g/mol. The molecule has 0 bridgehead atoms. The van der Waals surface area contributed by atoms with Crippen molar-refractivity contribution in [2.45, 2.75) is 40.7 Å². The van der Waals surface area contributed by atoms with Crippen molar-refractivity contribution in [2.75, 3.05) is 13.2 Å². The van der Waals surface area contributed by atoms with Crippen LogP contribution in [0.5, 0.6) is 0 Å². The van der Waals surface area contributed by atoms with Gasteiger partial charge in [0.05, 0.1) is 13.2 Å². The minimum atomic E-state index is 0.491. The van der Waals surface area contributed by atoms with Crippen LogP contribution >= 0.6 is 0 Å². The van der Waals surface area contributed by atoms with E-state index in [1.54, 1.807) is 6.20 Å². The van der Waals surface area contributed by atoms with Gasteiger partial charge in [0.2, 0.25) is 0 Å². The van der Waals surface area contributed by atoms with Crippen molar-refractivity contribution in [1.29, 1.82) is 0 Å². The summed E-state index contributed by atoms with van der Waals surface area (Å²) in [5, 5.41) is 4.03. The number of ether oxygens (including phenoxy) is 1. The molecule has 3 nitrogen and oxygen atoms in total. The summed E-state index contributed by atoms with van der Waals surface area (Å²) in [7, 11) is 0. The molecule has 0 radical (unpaired) electrons. The van der Waals surface area contributed by atoms with Gasteiger partial charge < -0.3 is 4.74 Å². The number of rotatable bonds is 1. The third-order valence-electron chi connectivity index (χ3n) is 1.86. The van der Waals surface area contributed by atoms with E-state index >= 15 is 0 Å². The van der Waals surface area contributed by atoms with Crippen LogP contribution in [0.4, 0.5) is 0 Å². The van der Waals surface area contributed by atoms with Crippen molar-refractivity contribution in [3.8, 4) is 0 Å². The van der Waals surface area contributed by atoms with Gasteiger partial charge in [0.1, 0.15) is 0 Å². The lowest BCUT2D eigenvalue weighted by molar-refractivity contribution is -0.0221. The fourth-order valence-corrected chi connectivity index (χ4v) is 0.940. The topological polar surface area (TPSA) is 27.1 Å². The SMILES string of the molecule is CC.CC(C)n1cccn1.CC1COC1. The van der Waals surface area contributed by atoms with Gasteiger partial charge in [-0.2, -0.15) is 5.10 Å². The Labute approximate surface area is 93.4 Å². The summed E-state index contributed by atoms with van der Waals surface area (Å²) in [6.07, 6.45) is 3.75. The van der Waals surface area contributed by atoms with Crippen molar-refractivity contribution >= 4 is 0 Å². The van der Waals surface area contributed by atoms with Crippen LogP contribution in [0.1, 0.15) is 40.7 Å². The Kier molecular flexibility index (Phi) is 8.01. The van der Waals surface area contributed by atoms with Gasteiger partial charge in [-0.1, -0.05) is 20.8 Å². The molecular weight excluding hydrogens is 188 g/mol. The lowest BCUT2D eigenvalue weighted by atomic mass is 10.2. The maximum Gasteiger partial charge on any atom is 0.0513 e. The molecule has 0 aliphatic carbocycles. The molecule has 0 unspecified atom stereocenters. The van der Waals surface area contributed by atoms with E-state index in [0.717, 1.165) is 19.1 Å². The highest BCUT2D eigenvalue weighted by molar-refractivity contribution is 4.79. The standard InChI is InChI=1S/C6H10N2.C4H8O.C2H6/c1-6(2)8-5-3-4-7-8;1-4-2-5-3-4;1-2/h3-6H,1-2H3;4H,2-3H2,1H3;1-2H3. The summed E-state index contributed by atoms with van der Waals surface area (Å²) in [6.45, 7) is 12.4. The zero-order chi connectivity index (χ0) is 11.7. The smallest absolute Gasteiger partial charge is 0.0513 e. The van der Waals surface area contributed by atoms with Gasteiger partial charge in [0.25, 0.3) is 0 Å². The quantitative estimate of drug-likeness (QED) is 0.715. The second-order valence-corrected chi connectivity index (χ2v) is 3.72. The van der Waals surface area contributed by atoms with Gasteiger partial charge in [-0.25, -0.2) is 0 Å². The Bertz CT molecular complexity index is 216. The van der Waals surface area contributed by atoms with Crippen LogP contribution in [-0.4, -0.2) is 23.0 Å². The van der Waals surface area contributed by atoms with Crippen LogP contribution in [-0.2, 0) is 4.74 Å². The average molecular weight is 212 g/mol. The Morgan fingerprint density at radius 3 is 2.00 bits per heavy atom. The molecule has 1 aromatic heterocycles. The highest BCUT2D eigenvalue weighted by atomic mass is 16.5. The van der Waals surface area contributed by atoms with Gasteiger partial charge in [-0.15, -0.1) is 0 Å². The predicted octanol–water partition coefficient (Wildman–Crippen LogP) is 3.14. The first-order valence-electron chi connectivity index (χ1n) is 5.77. The Morgan fingerprint density at radius 1 is 1.33 bits per heavy atom. The first-order valence-corrected chi connectivity index (χ1v) is 5.77. The molecule has 1 aromatic rings. The van der Waals surface area contributed by atoms with E-state index in [9.17, 15) is 0 Å². The summed E-state index contributed by atoms with van der Waals surface area (Å²) in [4.78, 5) is 0. The molecule has 0 amide bonds. The van der Waals surface area contributed by atoms with E-state index in [-0.39, 0.29) is 0 Å². The number of nitrogens with zero attached hydrogens (tertiary/aromatic N) is 2. The minimum Gasteiger partial charge on any atom is -0.381 e. The largest absolute Gasteiger partial charge is 0.381 e. The summed E-state index contributed by atoms with van der Waals surface area (Å²) < 4.78 is 6.75. The normalized spacial score (nSPS) is 14.5. The number of hydrogen-bond donors (Lipinski definition) is 0. The molecular formula is C12H24N2O. The summed E-state index contributed by atoms with van der Waals surface area (Å²) in [6, 6.07) is 2.42. The van der Waals surface area contributed by atoms with Gasteiger partial charge >= 0.3 is 0 Å². The molecule has 2 rings (SSSR count). The van der Waals surface area contributed by atoms with Crippen molar-refractivity contribution in [3.05, 3.63) is 18.5 Å². The molecule has 15 heavy (non-hydrogen) atoms. The van der Waals surface area contributed by atoms with E-state index in [4.69, 9.17) is 4.74 Å². The van der Waals surface area contributed by atoms with Crippen LogP contribution < -0.4 is 0 Å². The molecule has 2 heterocycles. The zero-order valence-corrected chi connectivity index (χ0v) is 10.6. The highest BCUT2D eigenvalue weighted by Crippen LogP contribution is 2.05. The van der Waals surface area contributed by atoms with Gasteiger partial charge in [0, 0.05) is 24.4 Å². The van der Waals surface area contributed by atoms with Crippen molar-refractivity contribution in [1.82, 2.24) is 9.78 Å². The molecule has 1 saturated heterocycles. The van der Waals surface area contributed by atoms with E-state index in [1.807, 2.05) is 30.8 Å². The fourth-order valence-electron chi connectivity index (χ4n) is 0.940. The summed E-state index contributed by atoms with van der Waals surface area (Å²) >= 11 is 0. The van der Waals surface area contributed by atoms with E-state index in [0.29, 0.717) is 6.04 Å². The minimum absolute atomic E-state index is 0.491. The molecule has 0 spiro atoms. The lowest BCUT2D eigenvalue weighted by Crippen LogP contribution is -2.23. The Morgan fingerprint density at radius 2 is 1.87 bits per heavy atom. The second kappa shape index (κ2) is 8.48. The summed E-state index contributed by atoms with van der Waals surface area (Å²) in [5.74, 6) is 0.843. The lowest BCUT2D eigenvalue weighted by Gasteiger charge is -2.20. The van der Waals surface area contributed by atoms with Crippen molar-refractivity contribution < 1.29 is 4.74 Å². The highest BCUT2D eigenvalue weighted by Gasteiger charge is 2.09. The fraction of sp³-hybridized carbons (Fsp3) is 0.750. The first-order chi connectivity index (χ1) is 7.20. The Balaban J connectivity index is 0.000000241. The summed E-state index contributed by atoms with van der Waals surface area (Å²) in [5.41, 5.74) is 0. The second-order valence-electron chi connectivity index (χ2n) is 3.72. The molecule has 0 N–H and O–H groups in total. The third kappa shape index (κ3) is 6.28. The van der Waals surface area contributed by atoms with Gasteiger partial charge in [-0.3, -0.25) is 4.68 Å². The first kappa shape index (κ1) is 14.2.